The molecule has 27 heavy (non-hydrogen) atoms. The number of methoxy groups -OCH3 is 1. The fourth-order valence-corrected chi connectivity index (χ4v) is 3.58. The van der Waals surface area contributed by atoms with Gasteiger partial charge in [0.05, 0.1) is 35.7 Å². The lowest BCUT2D eigenvalue weighted by Crippen LogP contribution is -2.31. The first-order valence-corrected chi connectivity index (χ1v) is 8.49. The van der Waals surface area contributed by atoms with Crippen molar-refractivity contribution in [2.45, 2.75) is 30.9 Å². The van der Waals surface area contributed by atoms with E-state index in [2.05, 4.69) is 4.98 Å². The van der Waals surface area contributed by atoms with Crippen molar-refractivity contribution in [2.24, 2.45) is 0 Å². The number of Topliss-reactive ketones (excluding diaryl/α,β-unsaturated/α-hetero) is 2. The van der Waals surface area contributed by atoms with E-state index in [9.17, 15) is 22.8 Å². The molecule has 0 unspecified atom stereocenters. The lowest BCUT2D eigenvalue weighted by molar-refractivity contribution is -0.137. The Balaban J connectivity index is 2.04. The van der Waals surface area contributed by atoms with E-state index in [4.69, 9.17) is 16.3 Å². The maximum atomic E-state index is 12.9. The van der Waals surface area contributed by atoms with E-state index in [0.29, 0.717) is 17.5 Å². The molecule has 0 saturated heterocycles. The summed E-state index contributed by atoms with van der Waals surface area (Å²) < 4.78 is 43.7. The number of carbonyl (C=O) groups excluding carboxylic acids is 2. The van der Waals surface area contributed by atoms with Crippen molar-refractivity contribution in [3.8, 4) is 5.75 Å². The second-order valence-electron chi connectivity index (χ2n) is 6.33. The van der Waals surface area contributed by atoms with Crippen LogP contribution in [0.4, 0.5) is 13.2 Å². The molecule has 0 amide bonds. The number of ether oxygens (including phenoxy) is 1. The third-order valence-electron chi connectivity index (χ3n) is 4.60. The molecule has 2 aromatic rings. The summed E-state index contributed by atoms with van der Waals surface area (Å²) in [7, 11) is 1.51. The van der Waals surface area contributed by atoms with Crippen LogP contribution in [-0.4, -0.2) is 23.7 Å². The molecule has 1 aliphatic carbocycles. The summed E-state index contributed by atoms with van der Waals surface area (Å²) in [5.41, 5.74) is -0.237. The molecule has 0 radical (unpaired) electrons. The van der Waals surface area contributed by atoms with Gasteiger partial charge in [-0.2, -0.15) is 13.2 Å². The van der Waals surface area contributed by atoms with Gasteiger partial charge in [0, 0.05) is 18.5 Å². The van der Waals surface area contributed by atoms with E-state index in [-0.39, 0.29) is 29.3 Å². The van der Waals surface area contributed by atoms with Crippen LogP contribution < -0.4 is 4.74 Å². The molecule has 1 fully saturated rings. The molecule has 8 heteroatoms. The number of rotatable bonds is 3. The van der Waals surface area contributed by atoms with Gasteiger partial charge in [0.25, 0.3) is 0 Å². The summed E-state index contributed by atoms with van der Waals surface area (Å²) in [5.74, 6) is -1.45. The van der Waals surface area contributed by atoms with E-state index in [1.807, 2.05) is 0 Å². The zero-order chi connectivity index (χ0) is 19.8. The molecule has 1 saturated carbocycles. The summed E-state index contributed by atoms with van der Waals surface area (Å²) in [6.07, 6.45) is -4.12. The second-order valence-corrected chi connectivity index (χ2v) is 6.74. The Labute approximate surface area is 158 Å². The first-order valence-electron chi connectivity index (χ1n) is 8.11. The molecule has 1 heterocycles. The minimum Gasteiger partial charge on any atom is -0.497 e. The summed E-state index contributed by atoms with van der Waals surface area (Å²) in [6.45, 7) is 0. The highest BCUT2D eigenvalue weighted by molar-refractivity contribution is 6.31. The highest BCUT2D eigenvalue weighted by Crippen LogP contribution is 2.43. The number of aromatic nitrogens is 1. The van der Waals surface area contributed by atoms with Crippen LogP contribution in [0.3, 0.4) is 0 Å². The van der Waals surface area contributed by atoms with Gasteiger partial charge in [-0.05, 0) is 23.8 Å². The van der Waals surface area contributed by atoms with Crippen molar-refractivity contribution in [1.82, 2.24) is 4.98 Å². The van der Waals surface area contributed by atoms with Crippen molar-refractivity contribution in [1.29, 1.82) is 0 Å². The Morgan fingerprint density at radius 1 is 1.19 bits per heavy atom. The maximum absolute atomic E-state index is 12.9. The molecule has 0 N–H and O–H groups in total. The van der Waals surface area contributed by atoms with Gasteiger partial charge in [0.2, 0.25) is 0 Å². The molecule has 142 valence electrons. The van der Waals surface area contributed by atoms with Crippen LogP contribution in [0.1, 0.15) is 41.5 Å². The van der Waals surface area contributed by atoms with Crippen molar-refractivity contribution in [3.05, 3.63) is 58.4 Å². The second kappa shape index (κ2) is 7.31. The molecule has 0 bridgehead atoms. The molecule has 2 atom stereocenters. The largest absolute Gasteiger partial charge is 0.497 e. The van der Waals surface area contributed by atoms with Gasteiger partial charge in [-0.15, -0.1) is 0 Å². The topological polar surface area (TPSA) is 56.3 Å². The number of nitrogens with zero attached hydrogens (tertiary/aromatic N) is 1. The number of benzene rings is 1. The van der Waals surface area contributed by atoms with Crippen LogP contribution in [-0.2, 0) is 15.8 Å². The average Bonchev–Trinajstić information content (AvgIpc) is 2.61. The molecule has 1 aliphatic rings. The lowest BCUT2D eigenvalue weighted by atomic mass is 9.72. The number of ketones is 2. The monoisotopic (exact) mass is 397 g/mol. The predicted molar refractivity (Wildman–Crippen MR) is 92.0 cm³/mol. The Kier molecular flexibility index (Phi) is 5.24. The number of carbonyl (C=O) groups is 2. The number of halogens is 4. The van der Waals surface area contributed by atoms with Crippen LogP contribution >= 0.6 is 11.6 Å². The molecular weight excluding hydrogens is 383 g/mol. The van der Waals surface area contributed by atoms with E-state index in [1.54, 1.807) is 24.3 Å². The normalized spacial score (nSPS) is 20.6. The van der Waals surface area contributed by atoms with Crippen LogP contribution in [0.25, 0.3) is 0 Å². The Morgan fingerprint density at radius 3 is 2.41 bits per heavy atom. The van der Waals surface area contributed by atoms with Gasteiger partial charge in [-0.25, -0.2) is 0 Å². The predicted octanol–water partition coefficient (Wildman–Crippen LogP) is 4.56. The van der Waals surface area contributed by atoms with Crippen molar-refractivity contribution < 1.29 is 27.5 Å². The van der Waals surface area contributed by atoms with Crippen LogP contribution in [0, 0.1) is 0 Å². The summed E-state index contributed by atoms with van der Waals surface area (Å²) in [6, 6.07) is 7.59. The van der Waals surface area contributed by atoms with Crippen molar-refractivity contribution >= 4 is 23.2 Å². The third kappa shape index (κ3) is 3.98. The van der Waals surface area contributed by atoms with Gasteiger partial charge in [-0.3, -0.25) is 14.6 Å². The minimum absolute atomic E-state index is 0.0583. The van der Waals surface area contributed by atoms with E-state index in [1.165, 1.54) is 7.11 Å². The fourth-order valence-electron chi connectivity index (χ4n) is 3.30. The fraction of sp³-hybridized carbons (Fsp3) is 0.316. The molecule has 1 aromatic carbocycles. The molecular formula is C19H15ClF3NO3. The minimum atomic E-state index is -4.59. The highest BCUT2D eigenvalue weighted by Gasteiger charge is 2.40. The number of hydrogen-bond donors (Lipinski definition) is 0. The van der Waals surface area contributed by atoms with E-state index in [0.717, 1.165) is 6.07 Å². The Morgan fingerprint density at radius 2 is 1.85 bits per heavy atom. The van der Waals surface area contributed by atoms with Gasteiger partial charge < -0.3 is 4.74 Å². The standard InChI is InChI=1S/C19H15ClF3NO3/c1-27-13-4-2-10(3-5-13)14-7-12(25)8-16(26)17(14)18-15(20)6-11(9-24-18)19(21,22)23/h2-6,9,14,17H,7-8H2,1H3/t14-,17-/m1/s1. The van der Waals surface area contributed by atoms with Crippen LogP contribution in [0.5, 0.6) is 5.75 Å². The van der Waals surface area contributed by atoms with Gasteiger partial charge in [0.1, 0.15) is 17.3 Å². The molecule has 4 nitrogen and oxygen atoms in total. The lowest BCUT2D eigenvalue weighted by Gasteiger charge is -2.30. The smallest absolute Gasteiger partial charge is 0.417 e. The maximum Gasteiger partial charge on any atom is 0.417 e. The molecule has 0 spiro atoms. The van der Waals surface area contributed by atoms with Crippen LogP contribution in [0.2, 0.25) is 5.02 Å². The zero-order valence-corrected chi connectivity index (χ0v) is 15.0. The van der Waals surface area contributed by atoms with Crippen molar-refractivity contribution in [2.75, 3.05) is 7.11 Å². The van der Waals surface area contributed by atoms with Gasteiger partial charge in [-0.1, -0.05) is 23.7 Å². The van der Waals surface area contributed by atoms with E-state index >= 15 is 0 Å². The summed E-state index contributed by atoms with van der Waals surface area (Å²) >= 11 is 6.05. The Bertz CT molecular complexity index is 881. The number of pyridine rings is 1. The van der Waals surface area contributed by atoms with Crippen molar-refractivity contribution in [3.63, 3.8) is 0 Å². The third-order valence-corrected chi connectivity index (χ3v) is 4.91. The molecule has 1 aromatic heterocycles. The SMILES string of the molecule is COc1ccc([C@H]2CC(=O)CC(=O)[C@@H]2c2ncc(C(F)(F)F)cc2Cl)cc1. The summed E-state index contributed by atoms with van der Waals surface area (Å²) in [5, 5.41) is -0.240. The number of hydrogen-bond acceptors (Lipinski definition) is 4. The number of alkyl halides is 3. The van der Waals surface area contributed by atoms with Gasteiger partial charge in [0.15, 0.2) is 0 Å². The zero-order valence-electron chi connectivity index (χ0n) is 14.2. The summed E-state index contributed by atoms with van der Waals surface area (Å²) in [4.78, 5) is 28.4. The van der Waals surface area contributed by atoms with Crippen LogP contribution in [0.15, 0.2) is 36.5 Å². The molecule has 3 rings (SSSR count). The Hall–Kier alpha value is -2.41. The molecule has 0 aliphatic heterocycles. The van der Waals surface area contributed by atoms with Gasteiger partial charge >= 0.3 is 6.18 Å². The average molecular weight is 398 g/mol. The first kappa shape index (κ1) is 19.4. The quantitative estimate of drug-likeness (QED) is 0.712. The first-order chi connectivity index (χ1) is 12.7. The van der Waals surface area contributed by atoms with E-state index < -0.39 is 29.4 Å². The highest BCUT2D eigenvalue weighted by atomic mass is 35.5.